The lowest BCUT2D eigenvalue weighted by Gasteiger charge is -2.11. The SMILES string of the molecule is COc1cccc(SCC(=O)Nc2c(Br)cc(C)cc2Br)c1. The maximum absolute atomic E-state index is 12.1. The first-order valence-electron chi connectivity index (χ1n) is 6.52. The molecule has 0 saturated carbocycles. The van der Waals surface area contributed by atoms with E-state index in [2.05, 4.69) is 37.2 Å². The average molecular weight is 445 g/mol. The van der Waals surface area contributed by atoms with Crippen LogP contribution in [0.5, 0.6) is 5.75 Å². The van der Waals surface area contributed by atoms with Crippen LogP contribution in [-0.4, -0.2) is 18.8 Å². The van der Waals surface area contributed by atoms with Crippen molar-refractivity contribution in [1.82, 2.24) is 0 Å². The summed E-state index contributed by atoms with van der Waals surface area (Å²) in [6.07, 6.45) is 0. The third-order valence-corrected chi connectivity index (χ3v) is 5.11. The molecule has 1 N–H and O–H groups in total. The van der Waals surface area contributed by atoms with Gasteiger partial charge in [-0.1, -0.05) is 6.07 Å². The van der Waals surface area contributed by atoms with Crippen molar-refractivity contribution in [2.24, 2.45) is 0 Å². The minimum Gasteiger partial charge on any atom is -0.497 e. The molecule has 2 aromatic rings. The normalized spacial score (nSPS) is 10.4. The molecule has 22 heavy (non-hydrogen) atoms. The molecular weight excluding hydrogens is 430 g/mol. The standard InChI is InChI=1S/C16H15Br2NO2S/c1-10-6-13(17)16(14(18)7-10)19-15(20)9-22-12-5-3-4-11(8-12)21-2/h3-8H,9H2,1-2H3,(H,19,20). The summed E-state index contributed by atoms with van der Waals surface area (Å²) in [6.45, 7) is 2.00. The maximum atomic E-state index is 12.1. The Balaban J connectivity index is 1.99. The monoisotopic (exact) mass is 443 g/mol. The zero-order valence-corrected chi connectivity index (χ0v) is 16.1. The third kappa shape index (κ3) is 4.76. The largest absolute Gasteiger partial charge is 0.497 e. The number of carbonyl (C=O) groups is 1. The van der Waals surface area contributed by atoms with Gasteiger partial charge in [-0.3, -0.25) is 4.79 Å². The number of anilines is 1. The van der Waals surface area contributed by atoms with E-state index in [0.717, 1.165) is 30.8 Å². The number of methoxy groups -OCH3 is 1. The summed E-state index contributed by atoms with van der Waals surface area (Å²) in [5.41, 5.74) is 1.87. The van der Waals surface area contributed by atoms with Crippen LogP contribution < -0.4 is 10.1 Å². The molecule has 0 saturated heterocycles. The number of aryl methyl sites for hydroxylation is 1. The second-order valence-electron chi connectivity index (χ2n) is 4.62. The fraction of sp³-hybridized carbons (Fsp3) is 0.188. The molecule has 0 atom stereocenters. The van der Waals surface area contributed by atoms with Crippen LogP contribution in [-0.2, 0) is 4.79 Å². The minimum atomic E-state index is -0.0573. The number of rotatable bonds is 5. The molecule has 2 aromatic carbocycles. The van der Waals surface area contributed by atoms with Crippen molar-refractivity contribution in [1.29, 1.82) is 0 Å². The smallest absolute Gasteiger partial charge is 0.234 e. The fourth-order valence-corrected chi connectivity index (χ4v) is 4.19. The van der Waals surface area contributed by atoms with Crippen LogP contribution in [0, 0.1) is 6.92 Å². The highest BCUT2D eigenvalue weighted by molar-refractivity contribution is 9.11. The lowest BCUT2D eigenvalue weighted by molar-refractivity contribution is -0.113. The van der Waals surface area contributed by atoms with Gasteiger partial charge in [-0.2, -0.15) is 0 Å². The summed E-state index contributed by atoms with van der Waals surface area (Å²) in [5, 5.41) is 2.92. The number of carbonyl (C=O) groups excluding carboxylic acids is 1. The van der Waals surface area contributed by atoms with Crippen LogP contribution in [0.1, 0.15) is 5.56 Å². The summed E-state index contributed by atoms with van der Waals surface area (Å²) in [6, 6.07) is 11.6. The van der Waals surface area contributed by atoms with Crippen molar-refractivity contribution in [2.75, 3.05) is 18.2 Å². The zero-order chi connectivity index (χ0) is 16.1. The molecule has 0 aliphatic heterocycles. The van der Waals surface area contributed by atoms with Gasteiger partial charge in [0.15, 0.2) is 0 Å². The van der Waals surface area contributed by atoms with Crippen LogP contribution in [0.4, 0.5) is 5.69 Å². The highest BCUT2D eigenvalue weighted by atomic mass is 79.9. The second kappa shape index (κ2) is 8.04. The lowest BCUT2D eigenvalue weighted by atomic mass is 10.2. The van der Waals surface area contributed by atoms with Gasteiger partial charge in [0.05, 0.1) is 18.6 Å². The van der Waals surface area contributed by atoms with Crippen molar-refractivity contribution in [3.63, 3.8) is 0 Å². The molecule has 0 unspecified atom stereocenters. The van der Waals surface area contributed by atoms with Gasteiger partial charge in [0, 0.05) is 13.8 Å². The molecule has 0 radical (unpaired) electrons. The van der Waals surface area contributed by atoms with Crippen LogP contribution in [0.25, 0.3) is 0 Å². The van der Waals surface area contributed by atoms with Gasteiger partial charge in [-0.15, -0.1) is 11.8 Å². The van der Waals surface area contributed by atoms with Gasteiger partial charge < -0.3 is 10.1 Å². The molecular formula is C16H15Br2NO2S. The van der Waals surface area contributed by atoms with Crippen molar-refractivity contribution in [3.05, 3.63) is 50.9 Å². The Morgan fingerprint density at radius 1 is 1.23 bits per heavy atom. The number of hydrogen-bond donors (Lipinski definition) is 1. The number of amides is 1. The Morgan fingerprint density at radius 3 is 2.55 bits per heavy atom. The van der Waals surface area contributed by atoms with E-state index in [-0.39, 0.29) is 5.91 Å². The number of halogens is 2. The maximum Gasteiger partial charge on any atom is 0.234 e. The van der Waals surface area contributed by atoms with Crippen LogP contribution in [0.15, 0.2) is 50.2 Å². The van der Waals surface area contributed by atoms with Crippen LogP contribution >= 0.6 is 43.6 Å². The third-order valence-electron chi connectivity index (χ3n) is 2.86. The lowest BCUT2D eigenvalue weighted by Crippen LogP contribution is -2.14. The molecule has 0 fully saturated rings. The van der Waals surface area contributed by atoms with Crippen LogP contribution in [0.2, 0.25) is 0 Å². The number of benzene rings is 2. The van der Waals surface area contributed by atoms with Gasteiger partial charge >= 0.3 is 0 Å². The Bertz CT molecular complexity index is 669. The van der Waals surface area contributed by atoms with E-state index >= 15 is 0 Å². The van der Waals surface area contributed by atoms with Crippen LogP contribution in [0.3, 0.4) is 0 Å². The van der Waals surface area contributed by atoms with E-state index in [4.69, 9.17) is 4.74 Å². The Morgan fingerprint density at radius 2 is 1.91 bits per heavy atom. The molecule has 0 spiro atoms. The van der Waals surface area contributed by atoms with E-state index in [0.29, 0.717) is 5.75 Å². The summed E-state index contributed by atoms with van der Waals surface area (Å²) >= 11 is 8.42. The highest BCUT2D eigenvalue weighted by Gasteiger charge is 2.10. The average Bonchev–Trinajstić information content (AvgIpc) is 2.49. The first-order chi connectivity index (χ1) is 10.5. The van der Waals surface area contributed by atoms with Gasteiger partial charge in [0.1, 0.15) is 5.75 Å². The predicted octanol–water partition coefficient (Wildman–Crippen LogP) is 5.26. The summed E-state index contributed by atoms with van der Waals surface area (Å²) in [7, 11) is 1.63. The predicted molar refractivity (Wildman–Crippen MR) is 98.9 cm³/mol. The number of hydrogen-bond acceptors (Lipinski definition) is 3. The van der Waals surface area contributed by atoms with Crippen molar-refractivity contribution >= 4 is 55.2 Å². The zero-order valence-electron chi connectivity index (χ0n) is 12.2. The minimum absolute atomic E-state index is 0.0573. The number of ether oxygens (including phenoxy) is 1. The molecule has 0 heterocycles. The molecule has 0 aliphatic rings. The molecule has 116 valence electrons. The first kappa shape index (κ1) is 17.4. The Hall–Kier alpha value is -0.980. The number of thioether (sulfide) groups is 1. The van der Waals surface area contributed by atoms with E-state index in [1.807, 2.05) is 43.3 Å². The highest BCUT2D eigenvalue weighted by Crippen LogP contribution is 2.32. The second-order valence-corrected chi connectivity index (χ2v) is 7.38. The quantitative estimate of drug-likeness (QED) is 0.639. The molecule has 1 amide bonds. The van der Waals surface area contributed by atoms with Gasteiger partial charge in [-0.25, -0.2) is 0 Å². The molecule has 0 aromatic heterocycles. The Kier molecular flexibility index (Phi) is 6.35. The summed E-state index contributed by atoms with van der Waals surface area (Å²) in [4.78, 5) is 13.1. The topological polar surface area (TPSA) is 38.3 Å². The molecule has 3 nitrogen and oxygen atoms in total. The number of nitrogens with one attached hydrogen (secondary N) is 1. The van der Waals surface area contributed by atoms with Gasteiger partial charge in [0.2, 0.25) is 5.91 Å². The summed E-state index contributed by atoms with van der Waals surface area (Å²) in [5.74, 6) is 1.06. The van der Waals surface area contributed by atoms with Crippen molar-refractivity contribution in [3.8, 4) is 5.75 Å². The molecule has 0 bridgehead atoms. The first-order valence-corrected chi connectivity index (χ1v) is 9.09. The summed E-state index contributed by atoms with van der Waals surface area (Å²) < 4.78 is 6.89. The molecule has 6 heteroatoms. The molecule has 2 rings (SSSR count). The van der Waals surface area contributed by atoms with E-state index in [1.54, 1.807) is 7.11 Å². The fourth-order valence-electron chi connectivity index (χ4n) is 1.83. The van der Waals surface area contributed by atoms with Gasteiger partial charge in [0.25, 0.3) is 0 Å². The molecule has 0 aliphatic carbocycles. The van der Waals surface area contributed by atoms with E-state index in [1.165, 1.54) is 11.8 Å². The van der Waals surface area contributed by atoms with Gasteiger partial charge in [-0.05, 0) is 74.7 Å². The van der Waals surface area contributed by atoms with E-state index in [9.17, 15) is 4.79 Å². The van der Waals surface area contributed by atoms with Crippen molar-refractivity contribution < 1.29 is 9.53 Å². The van der Waals surface area contributed by atoms with E-state index < -0.39 is 0 Å². The van der Waals surface area contributed by atoms with Crippen molar-refractivity contribution in [2.45, 2.75) is 11.8 Å². The Labute approximate surface area is 151 Å².